The molecule has 25 heavy (non-hydrogen) atoms. The van der Waals surface area contributed by atoms with Crippen LogP contribution in [0.4, 0.5) is 0 Å². The number of carbonyl (C=O) groups excluding carboxylic acids is 1. The summed E-state index contributed by atoms with van der Waals surface area (Å²) < 4.78 is 30.3. The summed E-state index contributed by atoms with van der Waals surface area (Å²) in [5.41, 5.74) is 3.32. The van der Waals surface area contributed by atoms with Crippen molar-refractivity contribution in [3.05, 3.63) is 59.2 Å². The minimum atomic E-state index is -3.84. The minimum Gasteiger partial charge on any atom is -0.379 e. The molecule has 0 bridgehead atoms. The third-order valence-electron chi connectivity index (χ3n) is 4.50. The average Bonchev–Trinajstić information content (AvgIpc) is 2.60. The summed E-state index contributed by atoms with van der Waals surface area (Å²) in [6, 6.07) is 12.1. The Balaban J connectivity index is 1.74. The average molecular weight is 358 g/mol. The number of fused-ring (bicyclic) bond motifs is 1. The summed E-state index contributed by atoms with van der Waals surface area (Å²) in [6.45, 7) is 1.56. The van der Waals surface area contributed by atoms with Crippen molar-refractivity contribution in [3.63, 3.8) is 0 Å². The van der Waals surface area contributed by atoms with Gasteiger partial charge in [0.25, 0.3) is 0 Å². The Labute approximate surface area is 149 Å². The summed E-state index contributed by atoms with van der Waals surface area (Å²) in [7, 11) is -3.84. The second kappa shape index (κ2) is 7.40. The zero-order valence-electron chi connectivity index (χ0n) is 14.3. The van der Waals surface area contributed by atoms with E-state index in [4.69, 9.17) is 4.18 Å². The summed E-state index contributed by atoms with van der Waals surface area (Å²) in [4.78, 5) is 11.2. The lowest BCUT2D eigenvalue weighted by atomic mass is 9.92. The van der Waals surface area contributed by atoms with E-state index in [9.17, 15) is 13.2 Å². The smallest absolute Gasteiger partial charge is 0.339 e. The number of hydrogen-bond acceptors (Lipinski definition) is 4. The van der Waals surface area contributed by atoms with Crippen LogP contribution in [0.5, 0.6) is 5.75 Å². The van der Waals surface area contributed by atoms with Crippen LogP contribution < -0.4 is 4.18 Å². The monoisotopic (exact) mass is 358 g/mol. The molecule has 5 heteroatoms. The van der Waals surface area contributed by atoms with Gasteiger partial charge >= 0.3 is 10.1 Å². The van der Waals surface area contributed by atoms with E-state index >= 15 is 0 Å². The van der Waals surface area contributed by atoms with Crippen LogP contribution in [0.2, 0.25) is 0 Å². The summed E-state index contributed by atoms with van der Waals surface area (Å²) >= 11 is 0. The van der Waals surface area contributed by atoms with Crippen molar-refractivity contribution in [2.45, 2.75) is 50.3 Å². The molecule has 0 spiro atoms. The summed E-state index contributed by atoms with van der Waals surface area (Å²) in [5.74, 6) is 0.416. The van der Waals surface area contributed by atoms with Crippen LogP contribution in [0.25, 0.3) is 0 Å². The Bertz CT molecular complexity index is 867. The van der Waals surface area contributed by atoms with Gasteiger partial charge in [0, 0.05) is 6.42 Å². The molecule has 2 aromatic rings. The summed E-state index contributed by atoms with van der Waals surface area (Å²) in [6.07, 6.45) is 5.31. The van der Waals surface area contributed by atoms with Crippen molar-refractivity contribution in [2.75, 3.05) is 0 Å². The first-order chi connectivity index (χ1) is 11.9. The highest BCUT2D eigenvalue weighted by Crippen LogP contribution is 2.26. The molecule has 0 saturated heterocycles. The van der Waals surface area contributed by atoms with Gasteiger partial charge in [-0.2, -0.15) is 8.42 Å². The van der Waals surface area contributed by atoms with Gasteiger partial charge in [-0.15, -0.1) is 0 Å². The van der Waals surface area contributed by atoms with Crippen LogP contribution in [0.1, 0.15) is 42.9 Å². The first kappa shape index (κ1) is 17.7. The maximum Gasteiger partial charge on any atom is 0.339 e. The molecular weight excluding hydrogens is 336 g/mol. The lowest BCUT2D eigenvalue weighted by Crippen LogP contribution is -2.12. The van der Waals surface area contributed by atoms with E-state index in [0.717, 1.165) is 36.8 Å². The predicted octanol–water partition coefficient (Wildman–Crippen LogP) is 3.85. The van der Waals surface area contributed by atoms with Crippen LogP contribution in [0.15, 0.2) is 47.4 Å². The number of hydrogen-bond donors (Lipinski definition) is 0. The molecule has 0 aliphatic heterocycles. The molecule has 0 fully saturated rings. The van der Waals surface area contributed by atoms with Crippen LogP contribution in [0.3, 0.4) is 0 Å². The van der Waals surface area contributed by atoms with Crippen LogP contribution >= 0.6 is 0 Å². The van der Waals surface area contributed by atoms with E-state index in [1.165, 1.54) is 5.56 Å². The Morgan fingerprint density at radius 2 is 1.68 bits per heavy atom. The second-order valence-corrected chi connectivity index (χ2v) is 8.07. The van der Waals surface area contributed by atoms with Gasteiger partial charge in [-0.05, 0) is 80.0 Å². The number of ketones is 1. The molecule has 2 aromatic carbocycles. The number of aryl methyl sites for hydroxylation is 3. The van der Waals surface area contributed by atoms with Gasteiger partial charge in [0.05, 0.1) is 0 Å². The van der Waals surface area contributed by atoms with Crippen LogP contribution in [-0.2, 0) is 34.2 Å². The molecule has 132 valence electrons. The van der Waals surface area contributed by atoms with Gasteiger partial charge in [-0.25, -0.2) is 0 Å². The van der Waals surface area contributed by atoms with E-state index in [-0.39, 0.29) is 16.4 Å². The minimum absolute atomic E-state index is 0.135. The highest BCUT2D eigenvalue weighted by Gasteiger charge is 2.19. The van der Waals surface area contributed by atoms with E-state index in [1.807, 2.05) is 6.07 Å². The van der Waals surface area contributed by atoms with E-state index in [0.29, 0.717) is 12.8 Å². The van der Waals surface area contributed by atoms with Crippen molar-refractivity contribution >= 4 is 15.9 Å². The molecule has 0 saturated carbocycles. The third-order valence-corrected chi connectivity index (χ3v) is 5.75. The molecule has 1 aliphatic rings. The molecule has 0 N–H and O–H groups in total. The maximum atomic E-state index is 12.5. The Morgan fingerprint density at radius 3 is 2.36 bits per heavy atom. The predicted molar refractivity (Wildman–Crippen MR) is 96.3 cm³/mol. The maximum absolute atomic E-state index is 12.5. The molecule has 1 aliphatic carbocycles. The van der Waals surface area contributed by atoms with Crippen molar-refractivity contribution < 1.29 is 17.4 Å². The number of Topliss-reactive ketones (excluding diaryl/α,β-unsaturated/α-hetero) is 1. The first-order valence-electron chi connectivity index (χ1n) is 8.59. The second-order valence-electron chi connectivity index (χ2n) is 6.52. The van der Waals surface area contributed by atoms with Gasteiger partial charge in [-0.1, -0.05) is 18.2 Å². The molecule has 4 nitrogen and oxygen atoms in total. The Morgan fingerprint density at radius 1 is 1.00 bits per heavy atom. The largest absolute Gasteiger partial charge is 0.379 e. The normalized spacial score (nSPS) is 14.0. The van der Waals surface area contributed by atoms with Gasteiger partial charge in [0.15, 0.2) is 0 Å². The Kier molecular flexibility index (Phi) is 5.23. The van der Waals surface area contributed by atoms with Crippen molar-refractivity contribution in [1.82, 2.24) is 0 Å². The van der Waals surface area contributed by atoms with Crippen LogP contribution in [-0.4, -0.2) is 14.2 Å². The highest BCUT2D eigenvalue weighted by molar-refractivity contribution is 7.87. The van der Waals surface area contributed by atoms with Gasteiger partial charge in [-0.3, -0.25) is 0 Å². The van der Waals surface area contributed by atoms with Gasteiger partial charge in [0.1, 0.15) is 16.4 Å². The SMILES string of the molecule is CC(=O)CCc1ccc(OS(=O)(=O)c2ccc3c(c2)CCCC3)cc1. The topological polar surface area (TPSA) is 60.4 Å². The van der Waals surface area contributed by atoms with Crippen molar-refractivity contribution in [1.29, 1.82) is 0 Å². The van der Waals surface area contributed by atoms with E-state index in [2.05, 4.69) is 0 Å². The molecule has 0 radical (unpaired) electrons. The fourth-order valence-corrected chi connectivity index (χ4v) is 4.05. The molecule has 0 atom stereocenters. The molecule has 0 aromatic heterocycles. The van der Waals surface area contributed by atoms with E-state index < -0.39 is 10.1 Å². The zero-order valence-corrected chi connectivity index (χ0v) is 15.1. The quantitative estimate of drug-likeness (QED) is 0.736. The number of benzene rings is 2. The lowest BCUT2D eigenvalue weighted by molar-refractivity contribution is -0.116. The third kappa shape index (κ3) is 4.48. The molecule has 3 rings (SSSR count). The molecular formula is C20H22O4S. The van der Waals surface area contributed by atoms with Crippen molar-refractivity contribution in [3.8, 4) is 5.75 Å². The fourth-order valence-electron chi connectivity index (χ4n) is 3.07. The first-order valence-corrected chi connectivity index (χ1v) is 9.99. The van der Waals surface area contributed by atoms with Crippen molar-refractivity contribution in [2.24, 2.45) is 0 Å². The zero-order chi connectivity index (χ0) is 17.9. The molecule has 0 unspecified atom stereocenters. The standard InChI is InChI=1S/C20H22O4S/c1-15(21)6-7-16-8-11-19(12-9-16)24-25(22,23)20-13-10-17-4-2-3-5-18(17)14-20/h8-14H,2-7H2,1H3. The Hall–Kier alpha value is -2.14. The molecule has 0 heterocycles. The number of rotatable bonds is 6. The molecule has 0 amide bonds. The van der Waals surface area contributed by atoms with Gasteiger partial charge < -0.3 is 8.98 Å². The van der Waals surface area contributed by atoms with Crippen LogP contribution in [0, 0.1) is 0 Å². The highest BCUT2D eigenvalue weighted by atomic mass is 32.2. The van der Waals surface area contributed by atoms with Gasteiger partial charge in [0.2, 0.25) is 0 Å². The summed E-state index contributed by atoms with van der Waals surface area (Å²) in [5, 5.41) is 0. The van der Waals surface area contributed by atoms with E-state index in [1.54, 1.807) is 43.3 Å². The fraction of sp³-hybridized carbons (Fsp3) is 0.350. The number of carbonyl (C=O) groups is 1. The lowest BCUT2D eigenvalue weighted by Gasteiger charge is -2.16.